The number of methoxy groups -OCH3 is 1. The van der Waals surface area contributed by atoms with E-state index in [1.54, 1.807) is 13.2 Å². The Balaban J connectivity index is 1.87. The summed E-state index contributed by atoms with van der Waals surface area (Å²) in [5.41, 5.74) is 13.4. The van der Waals surface area contributed by atoms with E-state index in [0.29, 0.717) is 16.4 Å². The third-order valence-corrected chi connectivity index (χ3v) is 4.02. The second kappa shape index (κ2) is 6.45. The van der Waals surface area contributed by atoms with Gasteiger partial charge >= 0.3 is 0 Å². The van der Waals surface area contributed by atoms with Crippen molar-refractivity contribution in [2.75, 3.05) is 7.11 Å². The Hall–Kier alpha value is -2.93. The molecule has 0 radical (unpaired) electrons. The molecule has 0 amide bonds. The maximum absolute atomic E-state index is 5.96. The lowest BCUT2D eigenvalue weighted by Gasteiger charge is -2.03. The summed E-state index contributed by atoms with van der Waals surface area (Å²) in [6.07, 6.45) is 0. The summed E-state index contributed by atoms with van der Waals surface area (Å²) in [7, 11) is 1.59. The quantitative estimate of drug-likeness (QED) is 0.571. The summed E-state index contributed by atoms with van der Waals surface area (Å²) < 4.78 is 6.20. The van der Waals surface area contributed by atoms with E-state index < -0.39 is 0 Å². The van der Waals surface area contributed by atoms with Gasteiger partial charge in [0.1, 0.15) is 11.6 Å². The highest BCUT2D eigenvalue weighted by Crippen LogP contribution is 2.27. The highest BCUT2D eigenvalue weighted by molar-refractivity contribution is 7.22. The molecule has 23 heavy (non-hydrogen) atoms. The number of aliphatic imine (C=N–C) groups is 2. The van der Waals surface area contributed by atoms with Gasteiger partial charge in [0.05, 0.1) is 17.3 Å². The monoisotopic (exact) mass is 325 g/mol. The number of hydrogen-bond acceptors (Lipinski definition) is 4. The number of amidine groups is 1. The molecule has 0 fully saturated rings. The van der Waals surface area contributed by atoms with Crippen molar-refractivity contribution in [2.45, 2.75) is 0 Å². The second-order valence-corrected chi connectivity index (χ2v) is 5.67. The van der Waals surface area contributed by atoms with E-state index in [0.717, 1.165) is 10.2 Å². The first-order chi connectivity index (χ1) is 11.2. The van der Waals surface area contributed by atoms with E-state index in [1.807, 2.05) is 42.5 Å². The molecule has 7 heteroatoms. The van der Waals surface area contributed by atoms with Gasteiger partial charge in [0.15, 0.2) is 0 Å². The van der Waals surface area contributed by atoms with E-state index in [2.05, 4.69) is 15.0 Å². The normalized spacial score (nSPS) is 12.6. The predicted molar refractivity (Wildman–Crippen MR) is 94.6 cm³/mol. The van der Waals surface area contributed by atoms with Crippen molar-refractivity contribution in [3.8, 4) is 5.75 Å². The summed E-state index contributed by atoms with van der Waals surface area (Å²) in [5, 5.41) is 0.547. The van der Waals surface area contributed by atoms with E-state index >= 15 is 0 Å². The minimum absolute atomic E-state index is 0.0596. The average Bonchev–Trinajstić information content (AvgIpc) is 2.96. The summed E-state index contributed by atoms with van der Waals surface area (Å²) in [4.78, 5) is 12.7. The van der Waals surface area contributed by atoms with Crippen LogP contribution in [-0.2, 0) is 0 Å². The van der Waals surface area contributed by atoms with Crippen LogP contribution in [0.2, 0.25) is 0 Å². The Bertz CT molecular complexity index is 867. The molecule has 3 rings (SSSR count). The molecule has 0 aliphatic carbocycles. The molecule has 1 aromatic heterocycles. The Morgan fingerprint density at radius 3 is 2.74 bits per heavy atom. The number of aromatic nitrogens is 1. The Morgan fingerprint density at radius 2 is 1.96 bits per heavy atom. The second-order valence-electron chi connectivity index (χ2n) is 4.66. The molecule has 6 nitrogen and oxygen atoms in total. The van der Waals surface area contributed by atoms with Gasteiger partial charge in [-0.2, -0.15) is 9.98 Å². The lowest BCUT2D eigenvalue weighted by atomic mass is 10.2. The third kappa shape index (κ3) is 3.46. The number of guanidine groups is 1. The van der Waals surface area contributed by atoms with Gasteiger partial charge in [-0.05, 0) is 24.3 Å². The summed E-state index contributed by atoms with van der Waals surface area (Å²) in [6, 6.07) is 15.1. The lowest BCUT2D eigenvalue weighted by molar-refractivity contribution is 0.414. The molecule has 0 unspecified atom stereocenters. The molecular formula is C16H15N5OS. The number of thiazole rings is 1. The molecule has 0 saturated heterocycles. The number of nitrogens with two attached hydrogens (primary N) is 2. The first kappa shape index (κ1) is 15.0. The van der Waals surface area contributed by atoms with Crippen LogP contribution in [0.15, 0.2) is 58.5 Å². The van der Waals surface area contributed by atoms with Gasteiger partial charge in [0.2, 0.25) is 11.1 Å². The van der Waals surface area contributed by atoms with Crippen molar-refractivity contribution in [1.82, 2.24) is 4.98 Å². The van der Waals surface area contributed by atoms with Gasteiger partial charge < -0.3 is 16.2 Å². The van der Waals surface area contributed by atoms with Crippen LogP contribution < -0.4 is 16.2 Å². The zero-order chi connectivity index (χ0) is 16.2. The van der Waals surface area contributed by atoms with E-state index in [9.17, 15) is 0 Å². The van der Waals surface area contributed by atoms with E-state index in [-0.39, 0.29) is 11.8 Å². The van der Waals surface area contributed by atoms with Gasteiger partial charge in [-0.15, -0.1) is 0 Å². The van der Waals surface area contributed by atoms with Crippen LogP contribution in [0.5, 0.6) is 5.75 Å². The maximum atomic E-state index is 5.96. The van der Waals surface area contributed by atoms with Crippen molar-refractivity contribution in [3.63, 3.8) is 0 Å². The van der Waals surface area contributed by atoms with E-state index in [4.69, 9.17) is 16.2 Å². The standard InChI is InChI=1S/C16H15N5OS/c1-22-11-6-4-5-10(9-11)14(17)20-15(18)21-16-19-12-7-2-3-8-13(12)23-16/h2-9H,1H3,(H4,17,18,19,20,21). The molecule has 1 heterocycles. The molecular weight excluding hydrogens is 310 g/mol. The molecule has 0 atom stereocenters. The topological polar surface area (TPSA) is 98.9 Å². The van der Waals surface area contributed by atoms with Crippen LogP contribution in [0.4, 0.5) is 5.13 Å². The van der Waals surface area contributed by atoms with Gasteiger partial charge in [-0.3, -0.25) is 0 Å². The molecule has 2 aromatic carbocycles. The number of hydrogen-bond donors (Lipinski definition) is 2. The van der Waals surface area contributed by atoms with Gasteiger partial charge in [-0.25, -0.2) is 4.98 Å². The highest BCUT2D eigenvalue weighted by atomic mass is 32.1. The van der Waals surface area contributed by atoms with Crippen molar-refractivity contribution in [3.05, 3.63) is 54.1 Å². The maximum Gasteiger partial charge on any atom is 0.224 e. The first-order valence-corrected chi connectivity index (χ1v) is 7.65. The summed E-state index contributed by atoms with van der Waals surface area (Å²) in [5.74, 6) is 1.03. The minimum Gasteiger partial charge on any atom is -0.497 e. The molecule has 4 N–H and O–H groups in total. The molecule has 0 spiro atoms. The first-order valence-electron chi connectivity index (χ1n) is 6.84. The zero-order valence-corrected chi connectivity index (χ0v) is 13.2. The van der Waals surface area contributed by atoms with Crippen LogP contribution in [0.25, 0.3) is 10.2 Å². The van der Waals surface area contributed by atoms with Crippen molar-refractivity contribution >= 4 is 38.5 Å². The van der Waals surface area contributed by atoms with E-state index in [1.165, 1.54) is 11.3 Å². The molecule has 0 aliphatic rings. The smallest absolute Gasteiger partial charge is 0.224 e. The summed E-state index contributed by atoms with van der Waals surface area (Å²) >= 11 is 1.45. The highest BCUT2D eigenvalue weighted by Gasteiger charge is 2.04. The van der Waals surface area contributed by atoms with Crippen LogP contribution in [0.3, 0.4) is 0 Å². The third-order valence-electron chi connectivity index (χ3n) is 3.09. The SMILES string of the molecule is COc1cccc(/C(N)=N/C(N)=N/c2nc3ccccc3s2)c1. The summed E-state index contributed by atoms with van der Waals surface area (Å²) in [6.45, 7) is 0. The van der Waals surface area contributed by atoms with Gasteiger partial charge in [0.25, 0.3) is 0 Å². The van der Waals surface area contributed by atoms with Crippen molar-refractivity contribution in [2.24, 2.45) is 21.5 Å². The fraction of sp³-hybridized carbons (Fsp3) is 0.0625. The van der Waals surface area contributed by atoms with Crippen molar-refractivity contribution < 1.29 is 4.74 Å². The zero-order valence-electron chi connectivity index (χ0n) is 12.4. The predicted octanol–water partition coefficient (Wildman–Crippen LogP) is 2.66. The average molecular weight is 325 g/mol. The Labute approximate surface area is 137 Å². The Kier molecular flexibility index (Phi) is 4.20. The fourth-order valence-electron chi connectivity index (χ4n) is 2.00. The van der Waals surface area contributed by atoms with Crippen LogP contribution >= 0.6 is 11.3 Å². The Morgan fingerprint density at radius 1 is 1.13 bits per heavy atom. The van der Waals surface area contributed by atoms with Gasteiger partial charge in [-0.1, -0.05) is 35.6 Å². The van der Waals surface area contributed by atoms with Crippen LogP contribution in [0, 0.1) is 0 Å². The minimum atomic E-state index is 0.0596. The molecule has 0 bridgehead atoms. The molecule has 116 valence electrons. The number of rotatable bonds is 3. The van der Waals surface area contributed by atoms with Crippen LogP contribution in [0.1, 0.15) is 5.56 Å². The lowest BCUT2D eigenvalue weighted by Crippen LogP contribution is -2.19. The van der Waals surface area contributed by atoms with Gasteiger partial charge in [0, 0.05) is 5.56 Å². The number of benzene rings is 2. The largest absolute Gasteiger partial charge is 0.497 e. The number of nitrogens with zero attached hydrogens (tertiary/aromatic N) is 3. The fourth-order valence-corrected chi connectivity index (χ4v) is 2.85. The number of fused-ring (bicyclic) bond motifs is 1. The number of para-hydroxylation sites is 1. The molecule has 0 aliphatic heterocycles. The van der Waals surface area contributed by atoms with Crippen LogP contribution in [-0.4, -0.2) is 23.9 Å². The number of ether oxygens (including phenoxy) is 1. The molecule has 3 aromatic rings. The van der Waals surface area contributed by atoms with Crippen molar-refractivity contribution in [1.29, 1.82) is 0 Å². The molecule has 0 saturated carbocycles.